The number of rotatable bonds is 0. The van der Waals surface area contributed by atoms with Gasteiger partial charge in [-0.15, -0.1) is 0 Å². The van der Waals surface area contributed by atoms with Gasteiger partial charge < -0.3 is 9.84 Å². The van der Waals surface area contributed by atoms with E-state index in [9.17, 15) is 14.7 Å². The van der Waals surface area contributed by atoms with Gasteiger partial charge in [-0.25, -0.2) is 0 Å². The molecule has 0 radical (unpaired) electrons. The van der Waals surface area contributed by atoms with Gasteiger partial charge in [0.25, 0.3) is 0 Å². The van der Waals surface area contributed by atoms with E-state index in [1.165, 1.54) is 6.20 Å². The molecule has 19 heavy (non-hydrogen) atoms. The average Bonchev–Trinajstić information content (AvgIpc) is 2.34. The first kappa shape index (κ1) is 12.0. The number of pyridine rings is 1. The van der Waals surface area contributed by atoms with Crippen molar-refractivity contribution in [1.29, 1.82) is 0 Å². The highest BCUT2D eigenvalue weighted by atomic mass is 16.5. The van der Waals surface area contributed by atoms with Crippen molar-refractivity contribution in [3.05, 3.63) is 40.9 Å². The van der Waals surface area contributed by atoms with Crippen LogP contribution in [0.5, 0.6) is 0 Å². The van der Waals surface area contributed by atoms with Gasteiger partial charge in [0, 0.05) is 12.6 Å². The van der Waals surface area contributed by atoms with E-state index >= 15 is 0 Å². The molecule has 1 unspecified atom stereocenters. The van der Waals surface area contributed by atoms with E-state index in [0.29, 0.717) is 0 Å². The summed E-state index contributed by atoms with van der Waals surface area (Å²) in [6.07, 6.45) is 0.754. The van der Waals surface area contributed by atoms with Crippen LogP contribution in [-0.2, 0) is 4.74 Å². The van der Waals surface area contributed by atoms with Crippen LogP contribution in [-0.4, -0.2) is 33.4 Å². The van der Waals surface area contributed by atoms with Crippen LogP contribution in [0.15, 0.2) is 29.7 Å². The molecule has 5 nitrogen and oxygen atoms in total. The van der Waals surface area contributed by atoms with Gasteiger partial charge in [-0.2, -0.15) is 0 Å². The van der Waals surface area contributed by atoms with Crippen molar-refractivity contribution in [2.24, 2.45) is 0 Å². The Hall–Kier alpha value is -2.01. The molecule has 2 aliphatic rings. The Morgan fingerprint density at radius 2 is 2.11 bits per heavy atom. The maximum atomic E-state index is 12.3. The lowest BCUT2D eigenvalue weighted by atomic mass is 9.82. The fourth-order valence-electron chi connectivity index (χ4n) is 2.54. The number of ether oxygens (including phenoxy) is 1. The first-order chi connectivity index (χ1) is 8.91. The Morgan fingerprint density at radius 3 is 2.84 bits per heavy atom. The summed E-state index contributed by atoms with van der Waals surface area (Å²) >= 11 is 0. The topological polar surface area (TPSA) is 76.5 Å². The molecule has 1 atom stereocenters. The lowest BCUT2D eigenvalue weighted by Crippen LogP contribution is -2.42. The second kappa shape index (κ2) is 3.74. The molecule has 0 saturated carbocycles. The SMILES string of the molecule is CC1(C)CC(O)C2=C(O1)C(=O)c1ncccc1C2=O. The number of Topliss-reactive ketones (excluding diaryl/α,β-unsaturated/α-hetero) is 2. The Kier molecular flexibility index (Phi) is 2.37. The minimum absolute atomic E-state index is 0.0556. The number of nitrogens with zero attached hydrogens (tertiary/aromatic N) is 1. The first-order valence-electron chi connectivity index (χ1n) is 6.06. The summed E-state index contributed by atoms with van der Waals surface area (Å²) in [7, 11) is 0. The van der Waals surface area contributed by atoms with Crippen molar-refractivity contribution in [2.75, 3.05) is 0 Å². The first-order valence-corrected chi connectivity index (χ1v) is 6.06. The Morgan fingerprint density at radius 1 is 1.37 bits per heavy atom. The van der Waals surface area contributed by atoms with Gasteiger partial charge in [0.1, 0.15) is 11.3 Å². The summed E-state index contributed by atoms with van der Waals surface area (Å²) in [4.78, 5) is 28.6. The van der Waals surface area contributed by atoms with Gasteiger partial charge in [-0.3, -0.25) is 14.6 Å². The van der Waals surface area contributed by atoms with Crippen LogP contribution in [0.1, 0.15) is 41.1 Å². The predicted octanol–water partition coefficient (Wildman–Crippen LogP) is 1.27. The third kappa shape index (κ3) is 1.69. The highest BCUT2D eigenvalue weighted by Crippen LogP contribution is 2.37. The van der Waals surface area contributed by atoms with Crippen molar-refractivity contribution in [1.82, 2.24) is 4.98 Å². The van der Waals surface area contributed by atoms with E-state index < -0.39 is 17.5 Å². The van der Waals surface area contributed by atoms with Gasteiger partial charge in [0.2, 0.25) is 5.78 Å². The zero-order chi connectivity index (χ0) is 13.8. The molecule has 0 aromatic carbocycles. The number of aromatic nitrogens is 1. The van der Waals surface area contributed by atoms with Crippen molar-refractivity contribution in [2.45, 2.75) is 32.0 Å². The van der Waals surface area contributed by atoms with E-state index in [1.807, 2.05) is 0 Å². The summed E-state index contributed by atoms with van der Waals surface area (Å²) < 4.78 is 5.60. The van der Waals surface area contributed by atoms with Gasteiger partial charge in [-0.1, -0.05) is 0 Å². The summed E-state index contributed by atoms with van der Waals surface area (Å²) in [5, 5.41) is 10.1. The van der Waals surface area contributed by atoms with Crippen LogP contribution in [0.3, 0.4) is 0 Å². The highest BCUT2D eigenvalue weighted by Gasteiger charge is 2.44. The van der Waals surface area contributed by atoms with E-state index in [-0.39, 0.29) is 34.8 Å². The number of fused-ring (bicyclic) bond motifs is 1. The van der Waals surface area contributed by atoms with Gasteiger partial charge in [-0.05, 0) is 26.0 Å². The van der Waals surface area contributed by atoms with Gasteiger partial charge in [0.05, 0.1) is 17.2 Å². The number of hydrogen-bond donors (Lipinski definition) is 1. The van der Waals surface area contributed by atoms with Gasteiger partial charge in [0.15, 0.2) is 11.5 Å². The quantitative estimate of drug-likeness (QED) is 0.759. The molecule has 98 valence electrons. The molecule has 0 saturated heterocycles. The average molecular weight is 259 g/mol. The largest absolute Gasteiger partial charge is 0.483 e. The number of carbonyl (C=O) groups excluding carboxylic acids is 2. The molecule has 0 amide bonds. The highest BCUT2D eigenvalue weighted by molar-refractivity contribution is 6.25. The normalized spacial score (nSPS) is 24.7. The molecule has 5 heteroatoms. The molecule has 1 aliphatic heterocycles. The molecule has 3 rings (SSSR count). The number of hydrogen-bond acceptors (Lipinski definition) is 5. The maximum absolute atomic E-state index is 12.3. The number of carbonyl (C=O) groups is 2. The molecule has 1 aliphatic carbocycles. The van der Waals surface area contributed by atoms with Gasteiger partial charge >= 0.3 is 0 Å². The summed E-state index contributed by atoms with van der Waals surface area (Å²) in [5.74, 6) is -0.863. The number of allylic oxidation sites excluding steroid dienone is 1. The van der Waals surface area contributed by atoms with Crippen LogP contribution in [0.25, 0.3) is 0 Å². The summed E-state index contributed by atoms with van der Waals surface area (Å²) in [5.41, 5.74) is -0.296. The van der Waals surface area contributed by atoms with E-state index in [0.717, 1.165) is 0 Å². The molecule has 2 heterocycles. The summed E-state index contributed by atoms with van der Waals surface area (Å²) in [6.45, 7) is 3.54. The second-order valence-electron chi connectivity index (χ2n) is 5.38. The predicted molar refractivity (Wildman–Crippen MR) is 65.7 cm³/mol. The van der Waals surface area contributed by atoms with Crippen LogP contribution in [0.2, 0.25) is 0 Å². The monoisotopic (exact) mass is 259 g/mol. The fraction of sp³-hybridized carbons (Fsp3) is 0.357. The molecular formula is C14H13NO4. The molecular weight excluding hydrogens is 246 g/mol. The Bertz CT molecular complexity index is 630. The van der Waals surface area contributed by atoms with E-state index in [4.69, 9.17) is 4.74 Å². The van der Waals surface area contributed by atoms with Crippen LogP contribution in [0, 0.1) is 0 Å². The summed E-state index contributed by atoms with van der Waals surface area (Å²) in [6, 6.07) is 3.13. The molecule has 1 aromatic heterocycles. The Labute approximate surface area is 109 Å². The number of aliphatic hydroxyl groups is 1. The standard InChI is InChI=1S/C14H13NO4/c1-14(2)6-8(16)9-11(17)7-4-3-5-15-10(7)12(18)13(9)19-14/h3-5,8,16H,6H2,1-2H3. The zero-order valence-electron chi connectivity index (χ0n) is 10.6. The number of ketones is 2. The third-order valence-electron chi connectivity index (χ3n) is 3.36. The third-order valence-corrected chi connectivity index (χ3v) is 3.36. The van der Waals surface area contributed by atoms with Crippen LogP contribution in [0.4, 0.5) is 0 Å². The smallest absolute Gasteiger partial charge is 0.247 e. The zero-order valence-corrected chi connectivity index (χ0v) is 10.6. The minimum Gasteiger partial charge on any atom is -0.483 e. The Balaban J connectivity index is 2.20. The fourth-order valence-corrected chi connectivity index (χ4v) is 2.54. The minimum atomic E-state index is -0.983. The lowest BCUT2D eigenvalue weighted by Gasteiger charge is -2.37. The van der Waals surface area contributed by atoms with Crippen molar-refractivity contribution < 1.29 is 19.4 Å². The molecule has 1 aromatic rings. The number of aliphatic hydroxyl groups excluding tert-OH is 1. The second-order valence-corrected chi connectivity index (χ2v) is 5.38. The van der Waals surface area contributed by atoms with Crippen LogP contribution < -0.4 is 0 Å². The van der Waals surface area contributed by atoms with Crippen molar-refractivity contribution in [3.8, 4) is 0 Å². The molecule has 1 N–H and O–H groups in total. The van der Waals surface area contributed by atoms with E-state index in [1.54, 1.807) is 26.0 Å². The van der Waals surface area contributed by atoms with E-state index in [2.05, 4.69) is 4.98 Å². The van der Waals surface area contributed by atoms with Crippen molar-refractivity contribution >= 4 is 11.6 Å². The molecule has 0 bridgehead atoms. The maximum Gasteiger partial charge on any atom is 0.247 e. The lowest BCUT2D eigenvalue weighted by molar-refractivity contribution is -0.0250. The van der Waals surface area contributed by atoms with Crippen molar-refractivity contribution in [3.63, 3.8) is 0 Å². The molecule has 0 fully saturated rings. The molecule has 0 spiro atoms. The van der Waals surface area contributed by atoms with Crippen LogP contribution >= 0.6 is 0 Å².